The highest BCUT2D eigenvalue weighted by Gasteiger charge is 2.48. The zero-order valence-electron chi connectivity index (χ0n) is 17.5. The predicted molar refractivity (Wildman–Crippen MR) is 118 cm³/mol. The second-order valence-electron chi connectivity index (χ2n) is 7.78. The van der Waals surface area contributed by atoms with Crippen LogP contribution >= 0.6 is 11.3 Å². The third-order valence-electron chi connectivity index (χ3n) is 5.22. The van der Waals surface area contributed by atoms with Gasteiger partial charge in [0.1, 0.15) is 23.4 Å². The summed E-state index contributed by atoms with van der Waals surface area (Å²) in [5.41, 5.74) is 1.34. The molecule has 1 saturated heterocycles. The number of hydrogen-bond acceptors (Lipinski definition) is 8. The maximum absolute atomic E-state index is 13.3. The number of ether oxygens (including phenoxy) is 2. The van der Waals surface area contributed by atoms with Gasteiger partial charge in [-0.1, -0.05) is 12.1 Å². The molecule has 2 N–H and O–H groups in total. The van der Waals surface area contributed by atoms with Crippen molar-refractivity contribution in [1.82, 2.24) is 14.8 Å². The molecule has 1 atom stereocenters. The van der Waals surface area contributed by atoms with Gasteiger partial charge in [0.25, 0.3) is 5.91 Å². The minimum atomic E-state index is -4.02. The number of nitrogens with one attached hydrogen (secondary N) is 1. The lowest BCUT2D eigenvalue weighted by atomic mass is 9.96. The highest BCUT2D eigenvalue weighted by atomic mass is 32.2. The monoisotopic (exact) mass is 477 g/mol. The zero-order chi connectivity index (χ0) is 22.9. The molecule has 0 saturated carbocycles. The molecule has 3 aromatic rings. The smallest absolute Gasteiger partial charge is 0.264 e. The quantitative estimate of drug-likeness (QED) is 0.414. The number of nitrogens with zero attached hydrogens (tertiary/aromatic N) is 2. The summed E-state index contributed by atoms with van der Waals surface area (Å²) in [7, 11) is -4.02. The molecule has 0 unspecified atom stereocenters. The minimum Gasteiger partial charge on any atom is -0.486 e. The van der Waals surface area contributed by atoms with Crippen LogP contribution in [-0.2, 0) is 26.2 Å². The molecule has 9 nitrogen and oxygen atoms in total. The van der Waals surface area contributed by atoms with Gasteiger partial charge in [0.05, 0.1) is 27.3 Å². The number of carbonyl (C=O) groups excluding carboxylic acids is 1. The molecule has 4 rings (SSSR count). The van der Waals surface area contributed by atoms with Crippen molar-refractivity contribution in [2.45, 2.75) is 37.0 Å². The molecule has 0 aliphatic carbocycles. The molecule has 1 fully saturated rings. The number of carbonyl (C=O) groups is 1. The summed E-state index contributed by atoms with van der Waals surface area (Å²) in [6, 6.07) is 12.6. The van der Waals surface area contributed by atoms with E-state index < -0.39 is 27.6 Å². The van der Waals surface area contributed by atoms with Crippen molar-refractivity contribution in [3.05, 3.63) is 53.5 Å². The lowest BCUT2D eigenvalue weighted by molar-refractivity contribution is -0.154. The van der Waals surface area contributed by atoms with Crippen molar-refractivity contribution in [1.29, 1.82) is 0 Å². The summed E-state index contributed by atoms with van der Waals surface area (Å²) in [6.45, 7) is 3.59. The van der Waals surface area contributed by atoms with Crippen LogP contribution in [-0.4, -0.2) is 53.6 Å². The van der Waals surface area contributed by atoms with Gasteiger partial charge >= 0.3 is 0 Å². The van der Waals surface area contributed by atoms with Gasteiger partial charge in [0.15, 0.2) is 0 Å². The van der Waals surface area contributed by atoms with E-state index in [-0.39, 0.29) is 24.7 Å². The van der Waals surface area contributed by atoms with Crippen LogP contribution in [0.15, 0.2) is 53.4 Å². The summed E-state index contributed by atoms with van der Waals surface area (Å²) < 4.78 is 40.0. The van der Waals surface area contributed by atoms with Gasteiger partial charge < -0.3 is 9.47 Å². The lowest BCUT2D eigenvalue weighted by Gasteiger charge is -2.43. The molecule has 0 spiro atoms. The van der Waals surface area contributed by atoms with E-state index in [4.69, 9.17) is 14.7 Å². The number of morpholine rings is 1. The molecule has 11 heteroatoms. The SMILES string of the molecule is CC1(C)OCCN(S(=O)(=O)c2ccc(OCc3nc4ccccc4s3)cc2)[C@H]1C(=O)NO. The number of thiazole rings is 1. The fourth-order valence-corrected chi connectivity index (χ4v) is 6.26. The molecule has 32 heavy (non-hydrogen) atoms. The number of hydrogen-bond donors (Lipinski definition) is 2. The molecule has 0 bridgehead atoms. The molecule has 170 valence electrons. The van der Waals surface area contributed by atoms with Crippen LogP contribution in [0.5, 0.6) is 5.75 Å². The van der Waals surface area contributed by atoms with Crippen molar-refractivity contribution in [2.24, 2.45) is 0 Å². The Balaban J connectivity index is 1.51. The first kappa shape index (κ1) is 22.6. The molecule has 1 aliphatic heterocycles. The highest BCUT2D eigenvalue weighted by Crippen LogP contribution is 2.31. The summed E-state index contributed by atoms with van der Waals surface area (Å²) in [4.78, 5) is 16.8. The van der Waals surface area contributed by atoms with Crippen LogP contribution in [0.1, 0.15) is 18.9 Å². The van der Waals surface area contributed by atoms with E-state index in [1.807, 2.05) is 24.3 Å². The highest BCUT2D eigenvalue weighted by molar-refractivity contribution is 7.89. The minimum absolute atomic E-state index is 0.0123. The zero-order valence-corrected chi connectivity index (χ0v) is 19.1. The molecule has 2 aromatic carbocycles. The Kier molecular flexibility index (Phi) is 6.19. The van der Waals surface area contributed by atoms with E-state index in [9.17, 15) is 13.2 Å². The number of sulfonamides is 1. The van der Waals surface area contributed by atoms with Crippen LogP contribution in [0, 0.1) is 0 Å². The number of para-hydroxylation sites is 1. The van der Waals surface area contributed by atoms with Gasteiger partial charge in [0, 0.05) is 6.54 Å². The Morgan fingerprint density at radius 2 is 2.00 bits per heavy atom. The largest absolute Gasteiger partial charge is 0.486 e. The number of aromatic nitrogens is 1. The Morgan fingerprint density at radius 3 is 2.69 bits per heavy atom. The molecular weight excluding hydrogens is 454 g/mol. The van der Waals surface area contributed by atoms with Gasteiger partial charge in [0.2, 0.25) is 10.0 Å². The summed E-state index contributed by atoms with van der Waals surface area (Å²) in [5.74, 6) is -0.357. The van der Waals surface area contributed by atoms with Gasteiger partial charge in [-0.25, -0.2) is 18.9 Å². The van der Waals surface area contributed by atoms with Crippen LogP contribution < -0.4 is 10.2 Å². The standard InChI is InChI=1S/C21H23N3O6S2/c1-21(2)19(20(25)23-26)24(11-12-30-21)32(27,28)15-9-7-14(8-10-15)29-13-18-22-16-5-3-4-6-17(16)31-18/h3-10,19,26H,11-13H2,1-2H3,(H,23,25)/t19-/m0/s1. The fourth-order valence-electron chi connectivity index (χ4n) is 3.69. The second kappa shape index (κ2) is 8.75. The second-order valence-corrected chi connectivity index (χ2v) is 10.8. The van der Waals surface area contributed by atoms with Crippen LogP contribution in [0.25, 0.3) is 10.2 Å². The molecule has 0 radical (unpaired) electrons. The van der Waals surface area contributed by atoms with E-state index in [0.717, 1.165) is 19.5 Å². The van der Waals surface area contributed by atoms with E-state index in [0.29, 0.717) is 5.75 Å². The number of fused-ring (bicyclic) bond motifs is 1. The van der Waals surface area contributed by atoms with Crippen molar-refractivity contribution < 1.29 is 27.9 Å². The Labute approximate surface area is 189 Å². The van der Waals surface area contributed by atoms with Crippen LogP contribution in [0.2, 0.25) is 0 Å². The first-order valence-corrected chi connectivity index (χ1v) is 12.1. The van der Waals surface area contributed by atoms with Crippen molar-refractivity contribution in [3.63, 3.8) is 0 Å². The van der Waals surface area contributed by atoms with E-state index in [1.165, 1.54) is 23.5 Å². The van der Waals surface area contributed by atoms with E-state index >= 15 is 0 Å². The van der Waals surface area contributed by atoms with Crippen molar-refractivity contribution in [3.8, 4) is 5.75 Å². The van der Waals surface area contributed by atoms with Gasteiger partial charge in [-0.2, -0.15) is 4.31 Å². The summed E-state index contributed by atoms with van der Waals surface area (Å²) in [5, 5.41) is 9.93. The maximum atomic E-state index is 13.3. The third kappa shape index (κ3) is 4.34. The van der Waals surface area contributed by atoms with Gasteiger partial charge in [-0.05, 0) is 50.2 Å². The average Bonchev–Trinajstić information content (AvgIpc) is 3.20. The fraction of sp³-hybridized carbons (Fsp3) is 0.333. The third-order valence-corrected chi connectivity index (χ3v) is 8.11. The van der Waals surface area contributed by atoms with Gasteiger partial charge in [-0.15, -0.1) is 11.3 Å². The first-order chi connectivity index (χ1) is 15.2. The topological polar surface area (TPSA) is 118 Å². The molecule has 1 aliphatic rings. The molecule has 2 heterocycles. The van der Waals surface area contributed by atoms with Crippen molar-refractivity contribution >= 4 is 37.5 Å². The Hall–Kier alpha value is -2.57. The average molecular weight is 478 g/mol. The van der Waals surface area contributed by atoms with E-state index in [1.54, 1.807) is 31.5 Å². The lowest BCUT2D eigenvalue weighted by Crippen LogP contribution is -2.64. The normalized spacial score (nSPS) is 19.0. The number of amides is 1. The number of benzene rings is 2. The van der Waals surface area contributed by atoms with Gasteiger partial charge in [-0.3, -0.25) is 10.0 Å². The molecule has 1 amide bonds. The summed E-state index contributed by atoms with van der Waals surface area (Å²) in [6.07, 6.45) is 0. The van der Waals surface area contributed by atoms with Crippen LogP contribution in [0.4, 0.5) is 0 Å². The van der Waals surface area contributed by atoms with Crippen molar-refractivity contribution in [2.75, 3.05) is 13.2 Å². The predicted octanol–water partition coefficient (Wildman–Crippen LogP) is 2.55. The van der Waals surface area contributed by atoms with E-state index in [2.05, 4.69) is 4.98 Å². The maximum Gasteiger partial charge on any atom is 0.264 e. The Morgan fingerprint density at radius 1 is 1.28 bits per heavy atom. The first-order valence-electron chi connectivity index (χ1n) is 9.89. The Bertz CT molecular complexity index is 1190. The molecule has 1 aromatic heterocycles. The van der Waals surface area contributed by atoms with Crippen LogP contribution in [0.3, 0.4) is 0 Å². The number of rotatable bonds is 6. The molecular formula is C21H23N3O6S2. The summed E-state index contributed by atoms with van der Waals surface area (Å²) >= 11 is 1.54. The number of hydroxylamine groups is 1.